The van der Waals surface area contributed by atoms with Gasteiger partial charge in [0.1, 0.15) is 11.3 Å². The predicted octanol–water partition coefficient (Wildman–Crippen LogP) is 2.85. The van der Waals surface area contributed by atoms with Gasteiger partial charge in [-0.25, -0.2) is 0 Å². The summed E-state index contributed by atoms with van der Waals surface area (Å²) in [6.45, 7) is 2.53. The Morgan fingerprint density at radius 2 is 2.00 bits per heavy atom. The van der Waals surface area contributed by atoms with Gasteiger partial charge in [-0.2, -0.15) is 0 Å². The van der Waals surface area contributed by atoms with Crippen molar-refractivity contribution < 1.29 is 14.3 Å². The predicted molar refractivity (Wildman–Crippen MR) is 129 cm³/mol. The third-order valence-corrected chi connectivity index (χ3v) is 6.40. The summed E-state index contributed by atoms with van der Waals surface area (Å²) in [5, 5.41) is 3.76. The average Bonchev–Trinajstić information content (AvgIpc) is 3.38. The van der Waals surface area contributed by atoms with Crippen molar-refractivity contribution in [3.8, 4) is 5.75 Å². The number of carbonyl (C=O) groups is 2. The molecule has 1 aliphatic heterocycles. The number of likely N-dealkylation sites (tertiary alicyclic amines) is 1. The van der Waals surface area contributed by atoms with E-state index in [0.29, 0.717) is 66.9 Å². The fraction of sp³-hybridized carbons (Fsp3) is 0.478. The van der Waals surface area contributed by atoms with E-state index in [2.05, 4.69) is 15.3 Å². The first kappa shape index (κ1) is 23.0. The number of aromatic amines is 2. The molecule has 2 amide bonds. The van der Waals surface area contributed by atoms with Crippen LogP contribution in [-0.2, 0) is 16.1 Å². The van der Waals surface area contributed by atoms with Gasteiger partial charge < -0.3 is 24.9 Å². The van der Waals surface area contributed by atoms with Crippen LogP contribution in [0.5, 0.6) is 5.75 Å². The molecule has 1 saturated heterocycles. The second-order valence-electron chi connectivity index (χ2n) is 8.32. The molecule has 4 rings (SSSR count). The van der Waals surface area contributed by atoms with Crippen LogP contribution in [0.1, 0.15) is 38.5 Å². The summed E-state index contributed by atoms with van der Waals surface area (Å²) >= 11 is 5.44. The van der Waals surface area contributed by atoms with E-state index in [-0.39, 0.29) is 17.4 Å². The van der Waals surface area contributed by atoms with Crippen molar-refractivity contribution in [2.24, 2.45) is 0 Å². The molecule has 0 bridgehead atoms. The monoisotopic (exact) mass is 471 g/mol. The molecule has 33 heavy (non-hydrogen) atoms. The number of hydrogen-bond donors (Lipinski definition) is 3. The molecule has 9 nitrogen and oxygen atoms in total. The Morgan fingerprint density at radius 3 is 2.76 bits per heavy atom. The number of carbonyl (C=O) groups excluding carboxylic acids is 2. The lowest BCUT2D eigenvalue weighted by atomic mass is 10.2. The molecule has 3 N–H and O–H groups in total. The zero-order chi connectivity index (χ0) is 23.4. The Bertz CT molecular complexity index is 1290. The van der Waals surface area contributed by atoms with Gasteiger partial charge in [0.25, 0.3) is 5.56 Å². The zero-order valence-corrected chi connectivity index (χ0v) is 19.6. The highest BCUT2D eigenvalue weighted by molar-refractivity contribution is 7.71. The highest BCUT2D eigenvalue weighted by Crippen LogP contribution is 2.25. The van der Waals surface area contributed by atoms with Gasteiger partial charge in [-0.15, -0.1) is 0 Å². The molecule has 1 aromatic carbocycles. The van der Waals surface area contributed by atoms with E-state index in [0.717, 1.165) is 30.3 Å². The van der Waals surface area contributed by atoms with Crippen molar-refractivity contribution in [1.29, 1.82) is 0 Å². The number of aromatic nitrogens is 3. The zero-order valence-electron chi connectivity index (χ0n) is 18.7. The van der Waals surface area contributed by atoms with Crippen LogP contribution in [0.25, 0.3) is 21.9 Å². The highest BCUT2D eigenvalue weighted by Gasteiger charge is 2.19. The lowest BCUT2D eigenvalue weighted by molar-refractivity contribution is -0.127. The standard InChI is InChI=1S/C23H29N5O4S/c1-32-15-8-9-17-16(14-15)20-21(25-17)22(31)28(23(33)26-20)13-3-2-6-18(29)24-10-5-12-27-11-4-7-19(27)30/h8-9,14,25H,2-7,10-13H2,1H3,(H,24,29)(H,26,33). The number of rotatable bonds is 10. The topological polar surface area (TPSA) is 112 Å². The van der Waals surface area contributed by atoms with Crippen LogP contribution in [-0.4, -0.2) is 58.0 Å². The molecule has 0 unspecified atom stereocenters. The van der Waals surface area contributed by atoms with Gasteiger partial charge in [0.2, 0.25) is 11.8 Å². The largest absolute Gasteiger partial charge is 0.497 e. The molecule has 0 spiro atoms. The Balaban J connectivity index is 1.29. The summed E-state index contributed by atoms with van der Waals surface area (Å²) in [5.74, 6) is 0.898. The van der Waals surface area contributed by atoms with Crippen molar-refractivity contribution >= 4 is 46.0 Å². The third kappa shape index (κ3) is 5.11. The smallest absolute Gasteiger partial charge is 0.278 e. The normalized spacial score (nSPS) is 13.8. The van der Waals surface area contributed by atoms with Crippen LogP contribution >= 0.6 is 12.2 Å². The Kier molecular flexibility index (Phi) is 7.12. The van der Waals surface area contributed by atoms with E-state index in [1.165, 1.54) is 4.57 Å². The molecule has 2 aromatic heterocycles. The van der Waals surface area contributed by atoms with Gasteiger partial charge in [-0.1, -0.05) is 0 Å². The number of hydrogen-bond acceptors (Lipinski definition) is 5. The van der Waals surface area contributed by atoms with Gasteiger partial charge in [0.15, 0.2) is 4.77 Å². The molecular weight excluding hydrogens is 442 g/mol. The number of nitrogens with zero attached hydrogens (tertiary/aromatic N) is 2. The van der Waals surface area contributed by atoms with E-state index in [4.69, 9.17) is 17.0 Å². The van der Waals surface area contributed by atoms with Crippen molar-refractivity contribution in [3.63, 3.8) is 0 Å². The summed E-state index contributed by atoms with van der Waals surface area (Å²) in [6, 6.07) is 5.57. The van der Waals surface area contributed by atoms with Crippen LogP contribution in [0.2, 0.25) is 0 Å². The minimum Gasteiger partial charge on any atom is -0.497 e. The Hall–Kier alpha value is -3.14. The molecule has 1 fully saturated rings. The van der Waals surface area contributed by atoms with Crippen molar-refractivity contribution in [1.82, 2.24) is 24.8 Å². The minimum atomic E-state index is -0.176. The van der Waals surface area contributed by atoms with Gasteiger partial charge in [-0.05, 0) is 56.1 Å². The van der Waals surface area contributed by atoms with Gasteiger partial charge >= 0.3 is 0 Å². The molecule has 0 aliphatic carbocycles. The molecule has 176 valence electrons. The average molecular weight is 472 g/mol. The van der Waals surface area contributed by atoms with Crippen molar-refractivity contribution in [2.45, 2.75) is 45.1 Å². The molecule has 0 atom stereocenters. The SMILES string of the molecule is COc1ccc2[nH]c3c(=O)n(CCCCC(=O)NCCCN4CCCC4=O)c(=S)[nH]c3c2c1. The number of fused-ring (bicyclic) bond motifs is 3. The number of ether oxygens (including phenoxy) is 1. The summed E-state index contributed by atoms with van der Waals surface area (Å²) < 4.78 is 7.18. The first-order valence-electron chi connectivity index (χ1n) is 11.3. The first-order chi connectivity index (χ1) is 16.0. The minimum absolute atomic E-state index is 0.0136. The number of H-pyrrole nitrogens is 2. The Labute approximate surface area is 196 Å². The fourth-order valence-corrected chi connectivity index (χ4v) is 4.55. The molecule has 3 heterocycles. The number of nitrogens with one attached hydrogen (secondary N) is 3. The second kappa shape index (κ2) is 10.2. The van der Waals surface area contributed by atoms with E-state index in [9.17, 15) is 14.4 Å². The van der Waals surface area contributed by atoms with E-state index in [1.54, 1.807) is 7.11 Å². The molecule has 10 heteroatoms. The van der Waals surface area contributed by atoms with Crippen molar-refractivity contribution in [2.75, 3.05) is 26.7 Å². The maximum absolute atomic E-state index is 13.0. The summed E-state index contributed by atoms with van der Waals surface area (Å²) in [6.07, 6.45) is 4.04. The van der Waals surface area contributed by atoms with Crippen LogP contribution in [0.3, 0.4) is 0 Å². The van der Waals surface area contributed by atoms with Gasteiger partial charge in [0, 0.05) is 49.9 Å². The quantitative estimate of drug-likeness (QED) is 0.311. The third-order valence-electron chi connectivity index (χ3n) is 6.08. The molecular formula is C23H29N5O4S. The molecule has 1 aliphatic rings. The highest BCUT2D eigenvalue weighted by atomic mass is 32.1. The first-order valence-corrected chi connectivity index (χ1v) is 11.8. The number of benzene rings is 1. The van der Waals surface area contributed by atoms with E-state index in [1.807, 2.05) is 23.1 Å². The van der Waals surface area contributed by atoms with Crippen LogP contribution in [0, 0.1) is 4.77 Å². The van der Waals surface area contributed by atoms with E-state index >= 15 is 0 Å². The summed E-state index contributed by atoms with van der Waals surface area (Å²) in [7, 11) is 1.60. The van der Waals surface area contributed by atoms with Gasteiger partial charge in [0.05, 0.1) is 12.6 Å². The lowest BCUT2D eigenvalue weighted by Crippen LogP contribution is -2.30. The van der Waals surface area contributed by atoms with E-state index < -0.39 is 0 Å². The van der Waals surface area contributed by atoms with Crippen LogP contribution in [0.15, 0.2) is 23.0 Å². The van der Waals surface area contributed by atoms with Crippen molar-refractivity contribution in [3.05, 3.63) is 33.3 Å². The van der Waals surface area contributed by atoms with Crippen LogP contribution in [0.4, 0.5) is 0 Å². The molecule has 0 radical (unpaired) electrons. The number of methoxy groups -OCH3 is 1. The summed E-state index contributed by atoms with van der Waals surface area (Å²) in [5.41, 5.74) is 1.80. The molecule has 3 aromatic rings. The lowest BCUT2D eigenvalue weighted by Gasteiger charge is -2.15. The van der Waals surface area contributed by atoms with Gasteiger partial charge in [-0.3, -0.25) is 19.0 Å². The number of amides is 2. The second-order valence-corrected chi connectivity index (χ2v) is 8.71. The van der Waals surface area contributed by atoms with Crippen LogP contribution < -0.4 is 15.6 Å². The maximum atomic E-state index is 13.0. The summed E-state index contributed by atoms with van der Waals surface area (Å²) in [4.78, 5) is 44.9. The maximum Gasteiger partial charge on any atom is 0.278 e. The number of unbranched alkanes of at least 4 members (excludes halogenated alkanes) is 1. The fourth-order valence-electron chi connectivity index (χ4n) is 4.27. The molecule has 0 saturated carbocycles. The Morgan fingerprint density at radius 1 is 1.15 bits per heavy atom.